The quantitative estimate of drug-likeness (QED) is 0.0383. The Bertz CT molecular complexity index is 3330. The Kier molecular flexibility index (Phi) is 16.1. The van der Waals surface area contributed by atoms with Gasteiger partial charge < -0.3 is 28.4 Å². The molecule has 0 amide bonds. The Hall–Kier alpha value is -7.90. The van der Waals surface area contributed by atoms with E-state index in [2.05, 4.69) is 189 Å². The maximum atomic E-state index is 6.59. The Morgan fingerprint density at radius 2 is 1.19 bits per heavy atom. The van der Waals surface area contributed by atoms with Crippen LogP contribution in [0.15, 0.2) is 230 Å². The molecule has 9 rings (SSSR count). The molecule has 0 N–H and O–H groups in total. The van der Waals surface area contributed by atoms with Crippen molar-refractivity contribution in [2.45, 2.75) is 44.1 Å². The second-order valence-corrected chi connectivity index (χ2v) is 18.9. The fourth-order valence-corrected chi connectivity index (χ4v) is 10.8. The van der Waals surface area contributed by atoms with E-state index >= 15 is 0 Å². The number of benzene rings is 8. The molecule has 0 fully saturated rings. The molecule has 0 aromatic heterocycles. The highest BCUT2D eigenvalue weighted by molar-refractivity contribution is 5.92. The summed E-state index contributed by atoms with van der Waals surface area (Å²) in [5.74, 6) is 3.12. The van der Waals surface area contributed by atoms with Gasteiger partial charge in [0.15, 0.2) is 6.10 Å². The SMILES string of the molecule is C=C/C(=C\C=C(/C)OC(COC)COc1ccc2cc(C3(c4ccc5cc(OC)ccc5c4)c4ccccc4-c4ccccc43)ccc2c1)C(C)(c1ccc(OCCOC)cc1)c1ccccc1C/C=C\C=C/C. The number of hydrogen-bond donors (Lipinski definition) is 0. The van der Waals surface area contributed by atoms with Crippen molar-refractivity contribution < 1.29 is 28.4 Å². The molecule has 2 atom stereocenters. The summed E-state index contributed by atoms with van der Waals surface area (Å²) in [4.78, 5) is 0. The first-order valence-corrected chi connectivity index (χ1v) is 25.5. The smallest absolute Gasteiger partial charge is 0.155 e. The highest BCUT2D eigenvalue weighted by atomic mass is 16.6. The van der Waals surface area contributed by atoms with Gasteiger partial charge in [-0.3, -0.25) is 0 Å². The second kappa shape index (κ2) is 23.3. The van der Waals surface area contributed by atoms with Crippen LogP contribution in [0.5, 0.6) is 17.2 Å². The van der Waals surface area contributed by atoms with Gasteiger partial charge in [-0.2, -0.15) is 0 Å². The summed E-state index contributed by atoms with van der Waals surface area (Å²) in [5, 5.41) is 4.51. The summed E-state index contributed by atoms with van der Waals surface area (Å²) in [7, 11) is 5.08. The lowest BCUT2D eigenvalue weighted by Crippen LogP contribution is -2.28. The summed E-state index contributed by atoms with van der Waals surface area (Å²) in [6.45, 7) is 12.2. The first-order valence-electron chi connectivity index (χ1n) is 25.5. The molecule has 2 unspecified atom stereocenters. The Balaban J connectivity index is 0.983. The van der Waals surface area contributed by atoms with E-state index in [1.165, 1.54) is 49.9 Å². The highest BCUT2D eigenvalue weighted by Gasteiger charge is 2.46. The zero-order chi connectivity index (χ0) is 51.5. The van der Waals surface area contributed by atoms with Gasteiger partial charge in [-0.05, 0) is 159 Å². The van der Waals surface area contributed by atoms with E-state index in [0.717, 1.165) is 56.7 Å². The third-order valence-electron chi connectivity index (χ3n) is 14.4. The van der Waals surface area contributed by atoms with Crippen molar-refractivity contribution in [1.29, 1.82) is 0 Å². The number of rotatable bonds is 22. The molecular weight excluding hydrogens is 913 g/mol. The molecule has 8 aromatic rings. The van der Waals surface area contributed by atoms with Gasteiger partial charge in [0.1, 0.15) is 30.5 Å². The zero-order valence-corrected chi connectivity index (χ0v) is 43.5. The predicted octanol–water partition coefficient (Wildman–Crippen LogP) is 15.5. The van der Waals surface area contributed by atoms with Crippen molar-refractivity contribution in [3.8, 4) is 28.4 Å². The minimum absolute atomic E-state index is 0.287. The lowest BCUT2D eigenvalue weighted by Gasteiger charge is -2.34. The van der Waals surface area contributed by atoms with E-state index in [1.807, 2.05) is 50.3 Å². The van der Waals surface area contributed by atoms with Crippen molar-refractivity contribution in [1.82, 2.24) is 0 Å². The van der Waals surface area contributed by atoms with Gasteiger partial charge in [0, 0.05) is 19.6 Å². The molecule has 0 heterocycles. The van der Waals surface area contributed by atoms with Gasteiger partial charge in [-0.1, -0.05) is 164 Å². The molecule has 6 nitrogen and oxygen atoms in total. The molecule has 6 heteroatoms. The number of allylic oxidation sites excluding steroid dienone is 9. The van der Waals surface area contributed by atoms with Gasteiger partial charge in [0.25, 0.3) is 0 Å². The lowest BCUT2D eigenvalue weighted by molar-refractivity contribution is 0.00909. The summed E-state index contributed by atoms with van der Waals surface area (Å²) in [5.41, 5.74) is 10.9. The largest absolute Gasteiger partial charge is 0.497 e. The zero-order valence-electron chi connectivity index (χ0n) is 43.5. The summed E-state index contributed by atoms with van der Waals surface area (Å²) >= 11 is 0. The van der Waals surface area contributed by atoms with Gasteiger partial charge in [0.05, 0.1) is 31.5 Å². The van der Waals surface area contributed by atoms with E-state index in [-0.39, 0.29) is 12.7 Å². The number of fused-ring (bicyclic) bond motifs is 5. The van der Waals surface area contributed by atoms with Crippen LogP contribution in [0.4, 0.5) is 0 Å². The Morgan fingerprint density at radius 1 is 0.595 bits per heavy atom. The molecular formula is C68H66O6. The summed E-state index contributed by atoms with van der Waals surface area (Å²) in [6.07, 6.45) is 14.9. The minimum atomic E-state index is -0.571. The topological polar surface area (TPSA) is 55.4 Å². The van der Waals surface area contributed by atoms with E-state index in [4.69, 9.17) is 28.4 Å². The third-order valence-corrected chi connectivity index (χ3v) is 14.4. The minimum Gasteiger partial charge on any atom is -0.497 e. The fourth-order valence-electron chi connectivity index (χ4n) is 10.8. The van der Waals surface area contributed by atoms with Crippen molar-refractivity contribution >= 4 is 21.5 Å². The molecule has 0 spiro atoms. The molecule has 0 radical (unpaired) electrons. The Morgan fingerprint density at radius 3 is 1.82 bits per heavy atom. The molecule has 1 aliphatic rings. The molecule has 1 aliphatic carbocycles. The van der Waals surface area contributed by atoms with Crippen LogP contribution in [-0.4, -0.2) is 53.9 Å². The van der Waals surface area contributed by atoms with Crippen molar-refractivity contribution in [2.24, 2.45) is 0 Å². The number of ether oxygens (including phenoxy) is 6. The van der Waals surface area contributed by atoms with E-state index in [1.54, 1.807) is 21.3 Å². The van der Waals surface area contributed by atoms with Crippen LogP contribution in [-0.2, 0) is 31.5 Å². The molecule has 0 saturated heterocycles. The third kappa shape index (κ3) is 10.3. The average Bonchev–Trinajstić information content (AvgIpc) is 3.74. The van der Waals surface area contributed by atoms with Gasteiger partial charge in [-0.15, -0.1) is 0 Å². The number of methoxy groups -OCH3 is 3. The van der Waals surface area contributed by atoms with E-state index in [9.17, 15) is 0 Å². The van der Waals surface area contributed by atoms with Crippen LogP contribution in [0.2, 0.25) is 0 Å². The molecule has 74 heavy (non-hydrogen) atoms. The standard InChI is InChI=1S/C68H66O6/c1-8-10-11-12-19-49-20-13-16-23-64(49)67(4,55-34-38-58(39-35-55)72-41-40-69-5)54(9-2)31-26-48(3)74-61(46-70-6)47-73-60-37-30-51-43-57(33-28-53(51)45-60)68(56-32-27-52-44-59(71-7)36-29-50(52)42-56)65-24-17-14-21-62(65)63-22-15-18-25-66(63)68/h8-18,20-39,42-45,61H,2,19,40-41,46-47H2,1,3-7H3/b10-8-,12-11-,48-26+,54-31+. The maximum Gasteiger partial charge on any atom is 0.155 e. The average molecular weight is 979 g/mol. The lowest BCUT2D eigenvalue weighted by atomic mass is 9.67. The highest BCUT2D eigenvalue weighted by Crippen LogP contribution is 2.56. The van der Waals surface area contributed by atoms with Crippen molar-refractivity contribution in [3.63, 3.8) is 0 Å². The molecule has 374 valence electrons. The van der Waals surface area contributed by atoms with Gasteiger partial charge in [-0.25, -0.2) is 0 Å². The summed E-state index contributed by atoms with van der Waals surface area (Å²) < 4.78 is 35.5. The van der Waals surface area contributed by atoms with Crippen LogP contribution in [0.1, 0.15) is 59.7 Å². The van der Waals surface area contributed by atoms with Crippen LogP contribution in [0, 0.1) is 0 Å². The first kappa shape index (κ1) is 51.0. The predicted molar refractivity (Wildman–Crippen MR) is 304 cm³/mol. The van der Waals surface area contributed by atoms with Crippen molar-refractivity contribution in [3.05, 3.63) is 269 Å². The van der Waals surface area contributed by atoms with Crippen LogP contribution in [0.25, 0.3) is 32.7 Å². The van der Waals surface area contributed by atoms with Gasteiger partial charge in [0.2, 0.25) is 0 Å². The van der Waals surface area contributed by atoms with Crippen LogP contribution < -0.4 is 14.2 Å². The second-order valence-electron chi connectivity index (χ2n) is 18.9. The van der Waals surface area contributed by atoms with Crippen molar-refractivity contribution in [2.75, 3.05) is 47.8 Å². The number of hydrogen-bond acceptors (Lipinski definition) is 6. The molecule has 8 aromatic carbocycles. The monoisotopic (exact) mass is 978 g/mol. The normalized spacial score (nSPS) is 14.5. The molecule has 0 saturated carbocycles. The van der Waals surface area contributed by atoms with Crippen LogP contribution in [0.3, 0.4) is 0 Å². The summed E-state index contributed by atoms with van der Waals surface area (Å²) in [6, 6.07) is 61.1. The fraction of sp³-hybridized carbons (Fsp3) is 0.206. The van der Waals surface area contributed by atoms with Gasteiger partial charge >= 0.3 is 0 Å². The first-order chi connectivity index (χ1) is 36.2. The van der Waals surface area contributed by atoms with Crippen LogP contribution >= 0.6 is 0 Å². The molecule has 0 bridgehead atoms. The van der Waals surface area contributed by atoms with E-state index in [0.29, 0.717) is 19.8 Å². The maximum absolute atomic E-state index is 6.59. The molecule has 0 aliphatic heterocycles. The van der Waals surface area contributed by atoms with E-state index < -0.39 is 10.8 Å². The Labute approximate surface area is 437 Å².